The van der Waals surface area contributed by atoms with Gasteiger partial charge in [0.25, 0.3) is 5.91 Å². The molecule has 0 unspecified atom stereocenters. The number of hydrogen-bond donors (Lipinski definition) is 3. The normalized spacial score (nSPS) is 10.2. The lowest BCUT2D eigenvalue weighted by molar-refractivity contribution is 0.0526. The van der Waals surface area contributed by atoms with E-state index in [1.807, 2.05) is 19.0 Å². The van der Waals surface area contributed by atoms with Gasteiger partial charge in [0.15, 0.2) is 0 Å². The van der Waals surface area contributed by atoms with Crippen LogP contribution in [0.3, 0.4) is 0 Å². The first-order valence-electron chi connectivity index (χ1n) is 9.79. The molecule has 166 valence electrons. The molecule has 9 heteroatoms. The number of hydrogen-bond acceptors (Lipinski definition) is 6. The molecule has 2 aromatic rings. The molecule has 0 aliphatic heterocycles. The van der Waals surface area contributed by atoms with Crippen molar-refractivity contribution in [1.29, 1.82) is 0 Å². The summed E-state index contributed by atoms with van der Waals surface area (Å²) in [6, 6.07) is 11.0. The number of benzene rings is 2. The van der Waals surface area contributed by atoms with Crippen LogP contribution in [0.1, 0.15) is 27.6 Å². The van der Waals surface area contributed by atoms with E-state index in [1.54, 1.807) is 56.5 Å². The molecule has 0 saturated carbocycles. The van der Waals surface area contributed by atoms with E-state index in [4.69, 9.17) is 9.47 Å². The largest absolute Gasteiger partial charge is 0.462 e. The van der Waals surface area contributed by atoms with Gasteiger partial charge in [0, 0.05) is 44.8 Å². The molecule has 0 spiro atoms. The van der Waals surface area contributed by atoms with Crippen LogP contribution in [-0.2, 0) is 9.47 Å². The summed E-state index contributed by atoms with van der Waals surface area (Å²) in [6.45, 7) is 2.80. The van der Waals surface area contributed by atoms with Gasteiger partial charge in [-0.25, -0.2) is 9.59 Å². The molecule has 31 heavy (non-hydrogen) atoms. The molecule has 0 fully saturated rings. The molecule has 0 radical (unpaired) electrons. The molecule has 0 heterocycles. The highest BCUT2D eigenvalue weighted by Gasteiger charge is 2.15. The predicted molar refractivity (Wildman–Crippen MR) is 120 cm³/mol. The third-order valence-corrected chi connectivity index (χ3v) is 4.23. The summed E-state index contributed by atoms with van der Waals surface area (Å²) >= 11 is 0. The molecule has 2 aromatic carbocycles. The molecule has 3 N–H and O–H groups in total. The molecule has 0 saturated heterocycles. The highest BCUT2D eigenvalue weighted by molar-refractivity contribution is 6.04. The van der Waals surface area contributed by atoms with E-state index in [9.17, 15) is 14.4 Å². The number of carbonyl (C=O) groups excluding carboxylic acids is 3. The minimum Gasteiger partial charge on any atom is -0.462 e. The fraction of sp³-hybridized carbons (Fsp3) is 0.318. The maximum Gasteiger partial charge on any atom is 0.338 e. The monoisotopic (exact) mass is 428 g/mol. The van der Waals surface area contributed by atoms with Crippen molar-refractivity contribution in [2.24, 2.45) is 0 Å². The number of methoxy groups -OCH3 is 1. The topological polar surface area (TPSA) is 109 Å². The van der Waals surface area contributed by atoms with Gasteiger partial charge < -0.3 is 30.3 Å². The van der Waals surface area contributed by atoms with Crippen molar-refractivity contribution in [3.63, 3.8) is 0 Å². The van der Waals surface area contributed by atoms with E-state index in [1.165, 1.54) is 0 Å². The predicted octanol–water partition coefficient (Wildman–Crippen LogP) is 2.95. The number of amides is 3. The molecule has 2 rings (SSSR count). The van der Waals surface area contributed by atoms with Gasteiger partial charge in [-0.2, -0.15) is 0 Å². The number of nitrogens with zero attached hydrogens (tertiary/aromatic N) is 1. The molecule has 0 aliphatic rings. The lowest BCUT2D eigenvalue weighted by Crippen LogP contribution is -2.29. The third-order valence-electron chi connectivity index (χ3n) is 4.23. The standard InChI is InChI=1S/C22H28N4O5/c1-5-31-21(28)15-6-8-16(9-7-15)24-22(29)25-17-10-11-19(26(2)3)18(14-17)20(27)23-12-13-30-4/h6-11,14H,5,12-13H2,1-4H3,(H,23,27)(H2,24,25,29). The van der Waals surface area contributed by atoms with Crippen molar-refractivity contribution in [2.75, 3.05) is 56.5 Å². The van der Waals surface area contributed by atoms with Crippen LogP contribution in [0.4, 0.5) is 21.9 Å². The first kappa shape index (κ1) is 23.7. The summed E-state index contributed by atoms with van der Waals surface area (Å²) in [7, 11) is 5.23. The number of rotatable bonds is 9. The Balaban J connectivity index is 2.07. The van der Waals surface area contributed by atoms with Crippen LogP contribution in [0.25, 0.3) is 0 Å². The zero-order valence-corrected chi connectivity index (χ0v) is 18.2. The van der Waals surface area contributed by atoms with Crippen LogP contribution in [0.15, 0.2) is 42.5 Å². The molecule has 9 nitrogen and oxygen atoms in total. The summed E-state index contributed by atoms with van der Waals surface area (Å²) in [4.78, 5) is 38.4. The summed E-state index contributed by atoms with van der Waals surface area (Å²) < 4.78 is 9.89. The molecule has 0 bridgehead atoms. The van der Waals surface area contributed by atoms with Gasteiger partial charge in [0.2, 0.25) is 0 Å². The van der Waals surface area contributed by atoms with E-state index < -0.39 is 12.0 Å². The smallest absolute Gasteiger partial charge is 0.338 e. The Morgan fingerprint density at radius 2 is 1.61 bits per heavy atom. The molecular formula is C22H28N4O5. The quantitative estimate of drug-likeness (QED) is 0.419. The maximum absolute atomic E-state index is 12.5. The summed E-state index contributed by atoms with van der Waals surface area (Å²) in [6.07, 6.45) is 0. The van der Waals surface area contributed by atoms with Crippen molar-refractivity contribution in [3.8, 4) is 0 Å². The SMILES string of the molecule is CCOC(=O)c1ccc(NC(=O)Nc2ccc(N(C)C)c(C(=O)NCCOC)c2)cc1. The van der Waals surface area contributed by atoms with Crippen molar-refractivity contribution < 1.29 is 23.9 Å². The molecule has 3 amide bonds. The van der Waals surface area contributed by atoms with Gasteiger partial charge in [-0.05, 0) is 49.4 Å². The van der Waals surface area contributed by atoms with Crippen LogP contribution in [-0.4, -0.2) is 58.9 Å². The van der Waals surface area contributed by atoms with Crippen molar-refractivity contribution in [2.45, 2.75) is 6.92 Å². The van der Waals surface area contributed by atoms with Crippen molar-refractivity contribution in [3.05, 3.63) is 53.6 Å². The van der Waals surface area contributed by atoms with E-state index in [0.717, 1.165) is 5.69 Å². The van der Waals surface area contributed by atoms with Crippen molar-refractivity contribution >= 4 is 35.0 Å². The zero-order valence-electron chi connectivity index (χ0n) is 18.2. The van der Waals surface area contributed by atoms with Gasteiger partial charge in [0.1, 0.15) is 0 Å². The Kier molecular flexibility index (Phi) is 8.83. The number of urea groups is 1. The minimum absolute atomic E-state index is 0.264. The Bertz CT molecular complexity index is 913. The van der Waals surface area contributed by atoms with E-state index in [-0.39, 0.29) is 5.91 Å². The van der Waals surface area contributed by atoms with E-state index in [2.05, 4.69) is 16.0 Å². The second-order valence-electron chi connectivity index (χ2n) is 6.75. The Morgan fingerprint density at radius 3 is 2.23 bits per heavy atom. The fourth-order valence-electron chi connectivity index (χ4n) is 2.75. The van der Waals surface area contributed by atoms with E-state index in [0.29, 0.717) is 42.3 Å². The van der Waals surface area contributed by atoms with Gasteiger partial charge in [-0.3, -0.25) is 4.79 Å². The number of esters is 1. The van der Waals surface area contributed by atoms with Crippen molar-refractivity contribution in [1.82, 2.24) is 5.32 Å². The first-order valence-corrected chi connectivity index (χ1v) is 9.79. The lowest BCUT2D eigenvalue weighted by Gasteiger charge is -2.18. The highest BCUT2D eigenvalue weighted by atomic mass is 16.5. The molecular weight excluding hydrogens is 400 g/mol. The Labute approximate surface area is 181 Å². The number of anilines is 3. The Morgan fingerprint density at radius 1 is 0.968 bits per heavy atom. The summed E-state index contributed by atoms with van der Waals surface area (Å²) in [5, 5.41) is 8.18. The van der Waals surface area contributed by atoms with Gasteiger partial charge in [0.05, 0.1) is 24.3 Å². The van der Waals surface area contributed by atoms with Gasteiger partial charge in [-0.1, -0.05) is 0 Å². The number of nitrogens with one attached hydrogen (secondary N) is 3. The third kappa shape index (κ3) is 7.00. The van der Waals surface area contributed by atoms with Gasteiger partial charge in [-0.15, -0.1) is 0 Å². The average Bonchev–Trinajstić information content (AvgIpc) is 2.74. The second kappa shape index (κ2) is 11.6. The molecule has 0 atom stereocenters. The van der Waals surface area contributed by atoms with Crippen LogP contribution in [0.2, 0.25) is 0 Å². The lowest BCUT2D eigenvalue weighted by atomic mass is 10.1. The van der Waals surface area contributed by atoms with Gasteiger partial charge >= 0.3 is 12.0 Å². The average molecular weight is 428 g/mol. The summed E-state index contributed by atoms with van der Waals surface area (Å²) in [5.74, 6) is -0.685. The van der Waals surface area contributed by atoms with Crippen LogP contribution in [0, 0.1) is 0 Å². The molecule has 0 aromatic heterocycles. The highest BCUT2D eigenvalue weighted by Crippen LogP contribution is 2.23. The second-order valence-corrected chi connectivity index (χ2v) is 6.75. The Hall–Kier alpha value is -3.59. The number of carbonyl (C=O) groups is 3. The summed E-state index contributed by atoms with van der Waals surface area (Å²) in [5.41, 5.74) is 2.51. The maximum atomic E-state index is 12.5. The fourth-order valence-corrected chi connectivity index (χ4v) is 2.75. The molecule has 0 aliphatic carbocycles. The van der Waals surface area contributed by atoms with Crippen LogP contribution in [0.5, 0.6) is 0 Å². The van der Waals surface area contributed by atoms with Crippen LogP contribution >= 0.6 is 0 Å². The van der Waals surface area contributed by atoms with E-state index >= 15 is 0 Å². The number of ether oxygens (including phenoxy) is 2. The first-order chi connectivity index (χ1) is 14.8. The zero-order chi connectivity index (χ0) is 22.8. The van der Waals surface area contributed by atoms with Crippen LogP contribution < -0.4 is 20.9 Å². The minimum atomic E-state index is -0.479.